The minimum atomic E-state index is -3.54. The topological polar surface area (TPSA) is 86.8 Å². The number of hydrogen-bond acceptors (Lipinski definition) is 4. The van der Waals surface area contributed by atoms with Crippen LogP contribution in [-0.2, 0) is 32.6 Å². The highest BCUT2D eigenvalue weighted by atomic mass is 79.9. The van der Waals surface area contributed by atoms with Gasteiger partial charge in [0.1, 0.15) is 6.04 Å². The van der Waals surface area contributed by atoms with E-state index in [0.717, 1.165) is 21.9 Å². The minimum Gasteiger partial charge on any atom is -0.350 e. The molecular formula is C31H38BrN3O4S. The Hall–Kier alpha value is -3.17. The van der Waals surface area contributed by atoms with Gasteiger partial charge in [-0.25, -0.2) is 8.42 Å². The maximum Gasteiger partial charge on any atom is 0.243 e. The van der Waals surface area contributed by atoms with Crippen LogP contribution in [0.2, 0.25) is 0 Å². The minimum absolute atomic E-state index is 0.0868. The van der Waals surface area contributed by atoms with Crippen molar-refractivity contribution in [1.82, 2.24) is 10.2 Å². The Balaban J connectivity index is 1.89. The maximum atomic E-state index is 13.9. The fraction of sp³-hybridized carbons (Fsp3) is 0.355. The molecule has 0 aliphatic rings. The Morgan fingerprint density at radius 3 is 2.00 bits per heavy atom. The average Bonchev–Trinajstić information content (AvgIpc) is 2.89. The van der Waals surface area contributed by atoms with Crippen molar-refractivity contribution < 1.29 is 18.0 Å². The summed E-state index contributed by atoms with van der Waals surface area (Å²) in [6.45, 7) is 6.13. The Morgan fingerprint density at radius 1 is 0.875 bits per heavy atom. The summed E-state index contributed by atoms with van der Waals surface area (Å²) in [6, 6.07) is 25.4. The normalized spacial score (nSPS) is 12.4. The zero-order valence-electron chi connectivity index (χ0n) is 23.5. The molecule has 3 aromatic rings. The molecule has 40 heavy (non-hydrogen) atoms. The number of nitrogens with one attached hydrogen (secondary N) is 1. The van der Waals surface area contributed by atoms with E-state index in [1.807, 2.05) is 81.4 Å². The van der Waals surface area contributed by atoms with E-state index >= 15 is 0 Å². The summed E-state index contributed by atoms with van der Waals surface area (Å²) in [5, 5.41) is 3.06. The van der Waals surface area contributed by atoms with E-state index in [-0.39, 0.29) is 31.3 Å². The van der Waals surface area contributed by atoms with Crippen LogP contribution in [-0.4, -0.2) is 49.5 Å². The van der Waals surface area contributed by atoms with E-state index in [1.54, 1.807) is 29.2 Å². The van der Waals surface area contributed by atoms with Crippen LogP contribution in [0.15, 0.2) is 89.4 Å². The predicted molar refractivity (Wildman–Crippen MR) is 164 cm³/mol. The first-order valence-corrected chi connectivity index (χ1v) is 15.9. The zero-order valence-corrected chi connectivity index (χ0v) is 25.9. The first-order chi connectivity index (χ1) is 18.8. The second-order valence-electron chi connectivity index (χ2n) is 10.9. The fourth-order valence-corrected chi connectivity index (χ4v) is 5.62. The van der Waals surface area contributed by atoms with Crippen molar-refractivity contribution in [3.63, 3.8) is 0 Å². The number of benzene rings is 3. The highest BCUT2D eigenvalue weighted by molar-refractivity contribution is 9.10. The maximum absolute atomic E-state index is 13.9. The van der Waals surface area contributed by atoms with Crippen molar-refractivity contribution in [2.75, 3.05) is 17.1 Å². The van der Waals surface area contributed by atoms with Gasteiger partial charge in [0.2, 0.25) is 21.8 Å². The van der Waals surface area contributed by atoms with Gasteiger partial charge in [0.25, 0.3) is 0 Å². The lowest BCUT2D eigenvalue weighted by Gasteiger charge is -2.34. The number of sulfonamides is 1. The van der Waals surface area contributed by atoms with Gasteiger partial charge in [0.05, 0.1) is 11.9 Å². The molecule has 7 nitrogen and oxygen atoms in total. The molecule has 2 amide bonds. The Bertz CT molecular complexity index is 1360. The molecule has 1 atom stereocenters. The Labute approximate surface area is 246 Å². The lowest BCUT2D eigenvalue weighted by molar-refractivity contribution is -0.142. The highest BCUT2D eigenvalue weighted by Gasteiger charge is 2.32. The van der Waals surface area contributed by atoms with E-state index in [0.29, 0.717) is 18.5 Å². The molecule has 0 bridgehead atoms. The number of carbonyl (C=O) groups is 2. The monoisotopic (exact) mass is 627 g/mol. The van der Waals surface area contributed by atoms with Gasteiger partial charge in [-0.15, -0.1) is 0 Å². The third kappa shape index (κ3) is 9.78. The third-order valence-corrected chi connectivity index (χ3v) is 7.95. The number of halogens is 1. The summed E-state index contributed by atoms with van der Waals surface area (Å²) < 4.78 is 27.3. The molecule has 0 spiro atoms. The van der Waals surface area contributed by atoms with Gasteiger partial charge in [-0.2, -0.15) is 0 Å². The van der Waals surface area contributed by atoms with Crippen LogP contribution in [0.3, 0.4) is 0 Å². The molecule has 3 aromatic carbocycles. The van der Waals surface area contributed by atoms with Crippen molar-refractivity contribution >= 4 is 43.5 Å². The largest absolute Gasteiger partial charge is 0.350 e. The summed E-state index contributed by atoms with van der Waals surface area (Å²) in [5.41, 5.74) is 1.90. The molecule has 3 rings (SSSR count). The van der Waals surface area contributed by atoms with E-state index in [9.17, 15) is 18.0 Å². The van der Waals surface area contributed by atoms with Crippen LogP contribution in [0.1, 0.15) is 44.7 Å². The van der Waals surface area contributed by atoms with E-state index < -0.39 is 21.6 Å². The lowest BCUT2D eigenvalue weighted by Crippen LogP contribution is -2.54. The summed E-state index contributed by atoms with van der Waals surface area (Å²) >= 11 is 3.45. The summed E-state index contributed by atoms with van der Waals surface area (Å²) in [6.07, 6.45) is 1.90. The molecular weight excluding hydrogens is 590 g/mol. The molecule has 0 aliphatic carbocycles. The Kier molecular flexibility index (Phi) is 10.9. The fourth-order valence-electron chi connectivity index (χ4n) is 4.39. The number of anilines is 1. The first kappa shape index (κ1) is 31.4. The molecule has 1 N–H and O–H groups in total. The summed E-state index contributed by atoms with van der Waals surface area (Å²) in [7, 11) is -3.54. The molecule has 9 heteroatoms. The van der Waals surface area contributed by atoms with Crippen LogP contribution in [0.5, 0.6) is 0 Å². The Morgan fingerprint density at radius 2 is 1.45 bits per heavy atom. The average molecular weight is 629 g/mol. The van der Waals surface area contributed by atoms with E-state index in [1.165, 1.54) is 4.31 Å². The van der Waals surface area contributed by atoms with Gasteiger partial charge in [0.15, 0.2) is 0 Å². The molecule has 0 saturated carbocycles. The second-order valence-corrected chi connectivity index (χ2v) is 13.7. The quantitative estimate of drug-likeness (QED) is 0.285. The smallest absolute Gasteiger partial charge is 0.243 e. The second kappa shape index (κ2) is 13.9. The van der Waals surface area contributed by atoms with E-state index in [2.05, 4.69) is 21.2 Å². The lowest BCUT2D eigenvalue weighted by atomic mass is 10.00. The molecule has 0 fully saturated rings. The number of para-hydroxylation sites is 1. The van der Waals surface area contributed by atoms with Crippen LogP contribution in [0.25, 0.3) is 0 Å². The van der Waals surface area contributed by atoms with Crippen molar-refractivity contribution in [2.24, 2.45) is 0 Å². The number of rotatable bonds is 12. The molecule has 214 valence electrons. The van der Waals surface area contributed by atoms with Gasteiger partial charge in [-0.1, -0.05) is 76.6 Å². The molecule has 0 aliphatic heterocycles. The van der Waals surface area contributed by atoms with Crippen LogP contribution < -0.4 is 9.62 Å². The summed E-state index contributed by atoms with van der Waals surface area (Å²) in [4.78, 5) is 29.1. The standard InChI is InChI=1S/C31H38BrN3O4S/c1-31(2,3)33-30(37)28(22-24-12-7-5-8-13-24)34(23-25-17-19-26(32)20-18-25)29(36)16-11-21-35(40(4,38)39)27-14-9-6-10-15-27/h5-10,12-15,17-20,28H,11,16,21-23H2,1-4H3,(H,33,37)/t28-/m0/s1. The number of amides is 2. The molecule has 0 saturated heterocycles. The molecule has 0 radical (unpaired) electrons. The first-order valence-electron chi connectivity index (χ1n) is 13.3. The van der Waals surface area contributed by atoms with Gasteiger partial charge in [0, 0.05) is 35.9 Å². The SMILES string of the molecule is CC(C)(C)NC(=O)[C@H](Cc1ccccc1)N(Cc1ccc(Br)cc1)C(=O)CCCN(c1ccccc1)S(C)(=O)=O. The van der Waals surface area contributed by atoms with Gasteiger partial charge >= 0.3 is 0 Å². The van der Waals surface area contributed by atoms with Crippen molar-refractivity contribution in [3.8, 4) is 0 Å². The van der Waals surface area contributed by atoms with Gasteiger partial charge in [-0.05, 0) is 62.6 Å². The van der Waals surface area contributed by atoms with Gasteiger partial charge in [-0.3, -0.25) is 13.9 Å². The number of hydrogen-bond donors (Lipinski definition) is 1. The predicted octanol–water partition coefficient (Wildman–Crippen LogP) is 5.55. The van der Waals surface area contributed by atoms with E-state index in [4.69, 9.17) is 0 Å². The van der Waals surface area contributed by atoms with Crippen molar-refractivity contribution in [3.05, 3.63) is 101 Å². The summed E-state index contributed by atoms with van der Waals surface area (Å²) in [5.74, 6) is -0.446. The van der Waals surface area contributed by atoms with Crippen LogP contribution >= 0.6 is 15.9 Å². The molecule has 0 unspecified atom stereocenters. The van der Waals surface area contributed by atoms with Crippen molar-refractivity contribution in [1.29, 1.82) is 0 Å². The molecule has 0 heterocycles. The van der Waals surface area contributed by atoms with Crippen LogP contribution in [0.4, 0.5) is 5.69 Å². The number of carbonyl (C=O) groups excluding carboxylic acids is 2. The highest BCUT2D eigenvalue weighted by Crippen LogP contribution is 2.21. The number of nitrogens with zero attached hydrogens (tertiary/aromatic N) is 2. The van der Waals surface area contributed by atoms with Gasteiger partial charge < -0.3 is 10.2 Å². The van der Waals surface area contributed by atoms with Crippen LogP contribution in [0, 0.1) is 0 Å². The zero-order chi connectivity index (χ0) is 29.3. The van der Waals surface area contributed by atoms with Crippen molar-refractivity contribution in [2.45, 2.75) is 58.2 Å². The molecule has 0 aromatic heterocycles. The third-order valence-electron chi connectivity index (χ3n) is 6.23.